The predicted octanol–water partition coefficient (Wildman–Crippen LogP) is 0.637. The maximum absolute atomic E-state index is 12.4. The first kappa shape index (κ1) is 19.2. The Morgan fingerprint density at radius 1 is 0.783 bits per heavy atom. The molecule has 0 atom stereocenters. The lowest BCUT2D eigenvalue weighted by molar-refractivity contribution is -0.255. The minimum atomic E-state index is -6.28. The fraction of sp³-hybridized carbons (Fsp3) is 0.222. The Balaban J connectivity index is 3.84. The molecule has 0 heterocycles. The molecule has 0 radical (unpaired) electrons. The van der Waals surface area contributed by atoms with Crippen molar-refractivity contribution >= 4 is 25.6 Å². The SMILES string of the molecule is O=C([O-])c1cc(S(=O)(=O)C(F)(F)F)cc(S(=O)(=O)C(F)(F)F)c1. The van der Waals surface area contributed by atoms with Crippen LogP contribution in [0.5, 0.6) is 0 Å². The molecule has 130 valence electrons. The average Bonchev–Trinajstić information content (AvgIpc) is 2.35. The van der Waals surface area contributed by atoms with Crippen molar-refractivity contribution in [1.82, 2.24) is 0 Å². The topological polar surface area (TPSA) is 108 Å². The Kier molecular flexibility index (Phi) is 4.48. The third-order valence-electron chi connectivity index (χ3n) is 2.35. The maximum atomic E-state index is 12.4. The van der Waals surface area contributed by atoms with Gasteiger partial charge in [-0.1, -0.05) is 0 Å². The number of benzene rings is 1. The van der Waals surface area contributed by atoms with Gasteiger partial charge in [0.15, 0.2) is 0 Å². The van der Waals surface area contributed by atoms with Crippen molar-refractivity contribution in [3.05, 3.63) is 23.8 Å². The summed E-state index contributed by atoms with van der Waals surface area (Å²) in [7, 11) is -12.6. The van der Waals surface area contributed by atoms with Crippen molar-refractivity contribution < 1.29 is 53.1 Å². The maximum Gasteiger partial charge on any atom is 0.501 e. The molecule has 0 bridgehead atoms. The highest BCUT2D eigenvalue weighted by Gasteiger charge is 2.50. The summed E-state index contributed by atoms with van der Waals surface area (Å²) in [4.78, 5) is 6.64. The second-order valence-corrected chi connectivity index (χ2v) is 7.76. The lowest BCUT2D eigenvalue weighted by Gasteiger charge is -2.14. The number of carbonyl (C=O) groups excluding carboxylic acids is 1. The zero-order chi connectivity index (χ0) is 18.4. The summed E-state index contributed by atoms with van der Waals surface area (Å²) in [6.45, 7) is 0. The minimum absolute atomic E-state index is 0.159. The third-order valence-corrected chi connectivity index (χ3v) is 5.28. The first-order valence-corrected chi connectivity index (χ1v) is 7.97. The quantitative estimate of drug-likeness (QED) is 0.707. The zero-order valence-electron chi connectivity index (χ0n) is 10.3. The number of hydrogen-bond donors (Lipinski definition) is 0. The highest BCUT2D eigenvalue weighted by Crippen LogP contribution is 2.35. The summed E-state index contributed by atoms with van der Waals surface area (Å²) >= 11 is 0. The highest BCUT2D eigenvalue weighted by molar-refractivity contribution is 7.93. The van der Waals surface area contributed by atoms with E-state index >= 15 is 0 Å². The van der Waals surface area contributed by atoms with E-state index in [2.05, 4.69) is 0 Å². The van der Waals surface area contributed by atoms with Crippen LogP contribution in [0, 0.1) is 0 Å². The normalized spacial score (nSPS) is 13.8. The van der Waals surface area contributed by atoms with Crippen LogP contribution in [-0.4, -0.2) is 33.8 Å². The van der Waals surface area contributed by atoms with E-state index in [-0.39, 0.29) is 12.1 Å². The van der Waals surface area contributed by atoms with E-state index in [4.69, 9.17) is 0 Å². The predicted molar refractivity (Wildman–Crippen MR) is 57.3 cm³/mol. The number of alkyl halides is 6. The summed E-state index contributed by atoms with van der Waals surface area (Å²) in [5, 5.41) is 10.6. The summed E-state index contributed by atoms with van der Waals surface area (Å²) in [6, 6.07) is -0.751. The largest absolute Gasteiger partial charge is 0.545 e. The van der Waals surface area contributed by atoms with E-state index in [0.29, 0.717) is 0 Å². The van der Waals surface area contributed by atoms with Gasteiger partial charge in [-0.05, 0) is 23.8 Å². The van der Waals surface area contributed by atoms with Crippen molar-refractivity contribution in [3.63, 3.8) is 0 Å². The molecule has 0 amide bonds. The van der Waals surface area contributed by atoms with E-state index < -0.39 is 58.1 Å². The lowest BCUT2D eigenvalue weighted by Crippen LogP contribution is -2.28. The third kappa shape index (κ3) is 3.41. The lowest BCUT2D eigenvalue weighted by atomic mass is 10.2. The van der Waals surface area contributed by atoms with Gasteiger partial charge < -0.3 is 9.90 Å². The Labute approximate surface area is 124 Å². The molecule has 0 fully saturated rings. The number of sulfone groups is 2. The van der Waals surface area contributed by atoms with E-state index in [9.17, 15) is 53.1 Å². The van der Waals surface area contributed by atoms with Crippen molar-refractivity contribution in [3.8, 4) is 0 Å². The van der Waals surface area contributed by atoms with Crippen molar-refractivity contribution in [2.45, 2.75) is 20.8 Å². The second kappa shape index (κ2) is 5.36. The number of rotatable bonds is 3. The average molecular weight is 385 g/mol. The van der Waals surface area contributed by atoms with E-state index in [1.54, 1.807) is 0 Å². The van der Waals surface area contributed by atoms with Crippen molar-refractivity contribution in [2.24, 2.45) is 0 Å². The Morgan fingerprint density at radius 3 is 1.30 bits per heavy atom. The minimum Gasteiger partial charge on any atom is -0.545 e. The van der Waals surface area contributed by atoms with Gasteiger partial charge in [-0.25, -0.2) is 16.8 Å². The fourth-order valence-electron chi connectivity index (χ4n) is 1.27. The molecule has 0 aliphatic carbocycles. The summed E-state index contributed by atoms with van der Waals surface area (Å²) in [5.74, 6) is -2.37. The first-order chi connectivity index (χ1) is 10.0. The van der Waals surface area contributed by atoms with Crippen LogP contribution in [0.25, 0.3) is 0 Å². The molecule has 14 heteroatoms. The smallest absolute Gasteiger partial charge is 0.501 e. The van der Waals surface area contributed by atoms with Gasteiger partial charge in [0.1, 0.15) is 0 Å². The molecule has 0 saturated carbocycles. The van der Waals surface area contributed by atoms with Crippen LogP contribution >= 0.6 is 0 Å². The van der Waals surface area contributed by atoms with Gasteiger partial charge in [-0.15, -0.1) is 0 Å². The molecule has 1 rings (SSSR count). The number of carboxylic acid groups (broad SMARTS) is 1. The van der Waals surface area contributed by atoms with E-state index in [0.717, 1.165) is 0 Å². The number of carbonyl (C=O) groups is 1. The molecular weight excluding hydrogens is 382 g/mol. The number of halogens is 6. The van der Waals surface area contributed by atoms with Crippen LogP contribution in [0.2, 0.25) is 0 Å². The Bertz CT molecular complexity index is 787. The van der Waals surface area contributed by atoms with Crippen molar-refractivity contribution in [2.75, 3.05) is 0 Å². The van der Waals surface area contributed by atoms with Gasteiger partial charge in [0.2, 0.25) is 0 Å². The number of aromatic carboxylic acids is 1. The molecular formula is C9H3F6O6S2-. The molecule has 0 aliphatic heterocycles. The molecule has 6 nitrogen and oxygen atoms in total. The van der Waals surface area contributed by atoms with Gasteiger partial charge in [0.05, 0.1) is 15.8 Å². The second-order valence-electron chi connectivity index (χ2n) is 3.88. The van der Waals surface area contributed by atoms with Gasteiger partial charge in [-0.2, -0.15) is 26.3 Å². The highest BCUT2D eigenvalue weighted by atomic mass is 32.2. The summed E-state index contributed by atoms with van der Waals surface area (Å²) < 4.78 is 119. The summed E-state index contributed by atoms with van der Waals surface area (Å²) in [5.41, 5.74) is -13.5. The van der Waals surface area contributed by atoms with Gasteiger partial charge in [0, 0.05) is 0 Å². The molecule has 0 spiro atoms. The van der Waals surface area contributed by atoms with Crippen LogP contribution in [-0.2, 0) is 19.7 Å². The van der Waals surface area contributed by atoms with Crippen LogP contribution in [0.3, 0.4) is 0 Å². The molecule has 0 aromatic heterocycles. The molecule has 0 unspecified atom stereocenters. The molecule has 0 N–H and O–H groups in total. The summed E-state index contributed by atoms with van der Waals surface area (Å²) in [6.07, 6.45) is 0. The Morgan fingerprint density at radius 2 is 1.09 bits per heavy atom. The van der Waals surface area contributed by atoms with E-state index in [1.165, 1.54) is 0 Å². The van der Waals surface area contributed by atoms with Crippen LogP contribution in [0.1, 0.15) is 10.4 Å². The first-order valence-electron chi connectivity index (χ1n) is 5.01. The zero-order valence-corrected chi connectivity index (χ0v) is 11.9. The van der Waals surface area contributed by atoms with Crippen molar-refractivity contribution in [1.29, 1.82) is 0 Å². The van der Waals surface area contributed by atoms with Gasteiger partial charge in [-0.3, -0.25) is 0 Å². The number of hydrogen-bond acceptors (Lipinski definition) is 6. The molecule has 1 aromatic carbocycles. The van der Waals surface area contributed by atoms with Crippen LogP contribution in [0.4, 0.5) is 26.3 Å². The fourth-order valence-corrected chi connectivity index (χ4v) is 3.00. The standard InChI is InChI=1S/C9H4F6O6S2/c10-8(11,12)22(18,19)5-1-4(7(16)17)2-6(3-5)23(20,21)9(13,14)15/h1-3H,(H,16,17)/p-1. The molecule has 23 heavy (non-hydrogen) atoms. The van der Waals surface area contributed by atoms with Crippen LogP contribution in [0.15, 0.2) is 28.0 Å². The van der Waals surface area contributed by atoms with Gasteiger partial charge >= 0.3 is 11.0 Å². The number of carboxylic acids is 1. The molecule has 1 aromatic rings. The molecule has 0 saturated heterocycles. The molecule has 0 aliphatic rings. The van der Waals surface area contributed by atoms with E-state index in [1.807, 2.05) is 0 Å². The van der Waals surface area contributed by atoms with Gasteiger partial charge in [0.25, 0.3) is 19.7 Å². The Hall–Kier alpha value is -1.83. The monoisotopic (exact) mass is 385 g/mol. The van der Waals surface area contributed by atoms with Crippen LogP contribution < -0.4 is 5.11 Å².